The van der Waals surface area contributed by atoms with Crippen LogP contribution < -0.4 is 10.6 Å². The smallest absolute Gasteiger partial charge is 0.191 e. The molecule has 0 saturated heterocycles. The molecule has 7 nitrogen and oxygen atoms in total. The molecule has 3 aromatic rings. The van der Waals surface area contributed by atoms with E-state index in [1.54, 1.807) is 0 Å². The maximum atomic E-state index is 4.69. The van der Waals surface area contributed by atoms with E-state index >= 15 is 0 Å². The molecule has 158 valence electrons. The van der Waals surface area contributed by atoms with Crippen molar-refractivity contribution in [2.75, 3.05) is 13.1 Å². The predicted octanol–water partition coefficient (Wildman–Crippen LogP) is 3.62. The molecule has 2 aromatic heterocycles. The first-order valence-corrected chi connectivity index (χ1v) is 10.1. The number of aryl methyl sites for hydroxylation is 2. The van der Waals surface area contributed by atoms with Crippen molar-refractivity contribution in [1.82, 2.24) is 30.0 Å². The number of halogens is 1. The Labute approximate surface area is 190 Å². The summed E-state index contributed by atoms with van der Waals surface area (Å²) in [7, 11) is 1.97. The van der Waals surface area contributed by atoms with Gasteiger partial charge >= 0.3 is 0 Å². The highest BCUT2D eigenvalue weighted by atomic mass is 127. The number of rotatable bonds is 9. The molecule has 0 aliphatic rings. The third kappa shape index (κ3) is 6.45. The second-order valence-electron chi connectivity index (χ2n) is 7.02. The number of aliphatic imine (C=N–C) groups is 1. The van der Waals surface area contributed by atoms with Gasteiger partial charge in [0.1, 0.15) is 12.4 Å². The summed E-state index contributed by atoms with van der Waals surface area (Å²) in [6, 6.07) is 10.7. The largest absolute Gasteiger partial charge is 0.356 e. The summed E-state index contributed by atoms with van der Waals surface area (Å²) in [5.74, 6) is 2.61. The van der Waals surface area contributed by atoms with Crippen molar-refractivity contribution in [3.63, 3.8) is 0 Å². The molecular weight excluding hydrogens is 477 g/mol. The summed E-state index contributed by atoms with van der Waals surface area (Å²) < 4.78 is 4.28. The van der Waals surface area contributed by atoms with Crippen LogP contribution in [0.1, 0.15) is 37.8 Å². The molecule has 0 unspecified atom stereocenters. The fourth-order valence-corrected chi connectivity index (χ4v) is 3.09. The van der Waals surface area contributed by atoms with E-state index in [-0.39, 0.29) is 24.0 Å². The van der Waals surface area contributed by atoms with E-state index in [1.165, 1.54) is 10.9 Å². The first-order chi connectivity index (χ1) is 13.7. The molecule has 0 amide bonds. The topological polar surface area (TPSA) is 72.1 Å². The zero-order valence-corrected chi connectivity index (χ0v) is 19.9. The molecule has 0 radical (unpaired) electrons. The zero-order chi connectivity index (χ0) is 19.8. The van der Waals surface area contributed by atoms with E-state index in [2.05, 4.69) is 73.8 Å². The Morgan fingerprint density at radius 2 is 1.83 bits per heavy atom. The van der Waals surface area contributed by atoms with Crippen LogP contribution in [0.25, 0.3) is 10.9 Å². The molecule has 2 heterocycles. The van der Waals surface area contributed by atoms with E-state index in [9.17, 15) is 0 Å². The summed E-state index contributed by atoms with van der Waals surface area (Å²) in [5, 5.41) is 16.4. The number of unbranched alkanes of at least 4 members (excludes halogenated alkanes) is 1. The van der Waals surface area contributed by atoms with Gasteiger partial charge in [-0.3, -0.25) is 0 Å². The van der Waals surface area contributed by atoms with Crippen LogP contribution in [-0.4, -0.2) is 38.4 Å². The highest BCUT2D eigenvalue weighted by Crippen LogP contribution is 2.15. The average molecular weight is 509 g/mol. The summed E-state index contributed by atoms with van der Waals surface area (Å²) in [4.78, 5) is 4.69. The van der Waals surface area contributed by atoms with Gasteiger partial charge in [0.15, 0.2) is 11.8 Å². The van der Waals surface area contributed by atoms with Crippen molar-refractivity contribution >= 4 is 40.8 Å². The summed E-state index contributed by atoms with van der Waals surface area (Å²) in [5.41, 5.74) is 1.29. The first-order valence-electron chi connectivity index (χ1n) is 10.1. The van der Waals surface area contributed by atoms with Crippen molar-refractivity contribution < 1.29 is 0 Å². The Morgan fingerprint density at radius 1 is 1.07 bits per heavy atom. The molecule has 0 spiro atoms. The fourth-order valence-electron chi connectivity index (χ4n) is 3.09. The van der Waals surface area contributed by atoms with Crippen molar-refractivity contribution in [2.24, 2.45) is 12.0 Å². The molecule has 0 fully saturated rings. The summed E-state index contributed by atoms with van der Waals surface area (Å²) in [6.07, 6.45) is 5.47. The van der Waals surface area contributed by atoms with Gasteiger partial charge in [-0.2, -0.15) is 0 Å². The first kappa shape index (κ1) is 23.2. The molecule has 0 aliphatic carbocycles. The standard InChI is InChI=1S/C21H31N7.HI/c1-4-5-12-22-21(24-16-20-26-25-17(2)27(20)3)23-13-8-14-28-15-11-18-9-6-7-10-19(18)28;/h6-7,9-11,15H,4-5,8,12-14,16H2,1-3H3,(H2,22,23,24);1H. The molecule has 3 rings (SSSR count). The Kier molecular flexibility index (Phi) is 9.43. The van der Waals surface area contributed by atoms with E-state index in [1.807, 2.05) is 18.5 Å². The Hall–Kier alpha value is -2.10. The quantitative estimate of drug-likeness (QED) is 0.200. The average Bonchev–Trinajstić information content (AvgIpc) is 3.27. The van der Waals surface area contributed by atoms with Gasteiger partial charge in [-0.05, 0) is 37.3 Å². The van der Waals surface area contributed by atoms with E-state index in [4.69, 9.17) is 0 Å². The Balaban J connectivity index is 0.00000300. The highest BCUT2D eigenvalue weighted by Gasteiger charge is 2.05. The van der Waals surface area contributed by atoms with Crippen LogP contribution in [0.15, 0.2) is 41.5 Å². The van der Waals surface area contributed by atoms with Crippen LogP contribution in [0.5, 0.6) is 0 Å². The normalized spacial score (nSPS) is 11.5. The van der Waals surface area contributed by atoms with Crippen LogP contribution in [0, 0.1) is 6.92 Å². The van der Waals surface area contributed by atoms with E-state index in [0.29, 0.717) is 6.54 Å². The number of hydrogen-bond acceptors (Lipinski definition) is 3. The Morgan fingerprint density at radius 3 is 2.55 bits per heavy atom. The number of guanidine groups is 1. The third-order valence-corrected chi connectivity index (χ3v) is 4.93. The van der Waals surface area contributed by atoms with Gasteiger partial charge in [0.05, 0.1) is 0 Å². The molecule has 0 bridgehead atoms. The van der Waals surface area contributed by atoms with Crippen LogP contribution >= 0.6 is 24.0 Å². The van der Waals surface area contributed by atoms with Gasteiger partial charge in [0, 0.05) is 38.4 Å². The minimum absolute atomic E-state index is 0. The number of hydrogen-bond donors (Lipinski definition) is 2. The lowest BCUT2D eigenvalue weighted by Crippen LogP contribution is -2.38. The van der Waals surface area contributed by atoms with Gasteiger partial charge in [-0.25, -0.2) is 4.99 Å². The minimum atomic E-state index is 0. The number of nitrogens with one attached hydrogen (secondary N) is 2. The van der Waals surface area contributed by atoms with Gasteiger partial charge in [0.2, 0.25) is 0 Å². The maximum Gasteiger partial charge on any atom is 0.191 e. The minimum Gasteiger partial charge on any atom is -0.356 e. The van der Waals surface area contributed by atoms with Gasteiger partial charge in [0.25, 0.3) is 0 Å². The van der Waals surface area contributed by atoms with Crippen LogP contribution in [0.3, 0.4) is 0 Å². The molecule has 29 heavy (non-hydrogen) atoms. The monoisotopic (exact) mass is 509 g/mol. The number of fused-ring (bicyclic) bond motifs is 1. The molecule has 0 atom stereocenters. The van der Waals surface area contributed by atoms with Crippen LogP contribution in [0.4, 0.5) is 0 Å². The number of aromatic nitrogens is 4. The summed E-state index contributed by atoms with van der Waals surface area (Å²) >= 11 is 0. The van der Waals surface area contributed by atoms with Gasteiger partial charge < -0.3 is 19.8 Å². The lowest BCUT2D eigenvalue weighted by Gasteiger charge is -2.13. The SMILES string of the molecule is CCCCNC(=NCc1nnc(C)n1C)NCCCn1ccc2ccccc21.I. The zero-order valence-electron chi connectivity index (χ0n) is 17.6. The lowest BCUT2D eigenvalue weighted by atomic mass is 10.2. The summed E-state index contributed by atoms with van der Waals surface area (Å²) in [6.45, 7) is 7.41. The fraction of sp³-hybridized carbons (Fsp3) is 0.476. The molecule has 0 saturated carbocycles. The van der Waals surface area contributed by atoms with E-state index in [0.717, 1.165) is 56.5 Å². The van der Waals surface area contributed by atoms with Crippen LogP contribution in [-0.2, 0) is 20.1 Å². The molecule has 2 N–H and O–H groups in total. The van der Waals surface area contributed by atoms with E-state index < -0.39 is 0 Å². The second kappa shape index (κ2) is 11.8. The van der Waals surface area contributed by atoms with Crippen molar-refractivity contribution in [3.05, 3.63) is 48.2 Å². The lowest BCUT2D eigenvalue weighted by molar-refractivity contribution is 0.635. The van der Waals surface area contributed by atoms with Crippen molar-refractivity contribution in [2.45, 2.75) is 46.2 Å². The molecule has 1 aromatic carbocycles. The van der Waals surface area contributed by atoms with Crippen LogP contribution in [0.2, 0.25) is 0 Å². The molecular formula is C21H32IN7. The Bertz CT molecular complexity index is 913. The number of benzene rings is 1. The number of nitrogens with zero attached hydrogens (tertiary/aromatic N) is 5. The van der Waals surface area contributed by atoms with Crippen molar-refractivity contribution in [1.29, 1.82) is 0 Å². The van der Waals surface area contributed by atoms with Gasteiger partial charge in [-0.15, -0.1) is 34.2 Å². The molecule has 0 aliphatic heterocycles. The predicted molar refractivity (Wildman–Crippen MR) is 130 cm³/mol. The highest BCUT2D eigenvalue weighted by molar-refractivity contribution is 14.0. The van der Waals surface area contributed by atoms with Gasteiger partial charge in [-0.1, -0.05) is 31.5 Å². The maximum absolute atomic E-state index is 4.69. The van der Waals surface area contributed by atoms with Crippen molar-refractivity contribution in [3.8, 4) is 0 Å². The molecule has 8 heteroatoms. The third-order valence-electron chi connectivity index (χ3n) is 4.93. The number of para-hydroxylation sites is 1. The second-order valence-corrected chi connectivity index (χ2v) is 7.02.